The summed E-state index contributed by atoms with van der Waals surface area (Å²) in [5, 5.41) is 2.17. The zero-order valence-corrected chi connectivity index (χ0v) is 12.6. The Morgan fingerprint density at radius 3 is 2.61 bits per heavy atom. The van der Waals surface area contributed by atoms with Crippen molar-refractivity contribution in [3.05, 3.63) is 22.4 Å². The maximum Gasteiger partial charge on any atom is 0.00991 e. The normalized spacial score (nSPS) is 20.4. The summed E-state index contributed by atoms with van der Waals surface area (Å²) in [5.74, 6) is 0.774. The van der Waals surface area contributed by atoms with Crippen molar-refractivity contribution >= 4 is 11.3 Å². The first kappa shape index (κ1) is 14.1. The van der Waals surface area contributed by atoms with Gasteiger partial charge in [0.15, 0.2) is 0 Å². The van der Waals surface area contributed by atoms with E-state index in [0.29, 0.717) is 11.5 Å². The number of hydrogen-bond acceptors (Lipinski definition) is 2. The van der Waals surface area contributed by atoms with Crippen LogP contribution < -0.4 is 5.73 Å². The van der Waals surface area contributed by atoms with Gasteiger partial charge in [0, 0.05) is 10.9 Å². The van der Waals surface area contributed by atoms with E-state index in [-0.39, 0.29) is 0 Å². The van der Waals surface area contributed by atoms with Crippen molar-refractivity contribution < 1.29 is 0 Å². The molecular formula is C16H27NS. The van der Waals surface area contributed by atoms with E-state index < -0.39 is 0 Å². The molecule has 0 bridgehead atoms. The van der Waals surface area contributed by atoms with Crippen molar-refractivity contribution in [1.82, 2.24) is 0 Å². The minimum atomic E-state index is 0.393. The molecule has 1 nitrogen and oxygen atoms in total. The van der Waals surface area contributed by atoms with E-state index in [2.05, 4.69) is 31.4 Å². The van der Waals surface area contributed by atoms with Crippen LogP contribution in [0.3, 0.4) is 0 Å². The minimum Gasteiger partial charge on any atom is -0.327 e. The lowest BCUT2D eigenvalue weighted by molar-refractivity contribution is 0.175. The van der Waals surface area contributed by atoms with Crippen LogP contribution in [0, 0.1) is 11.3 Å². The Labute approximate surface area is 116 Å². The predicted octanol–water partition coefficient (Wildman–Crippen LogP) is 4.61. The number of rotatable bonds is 6. The zero-order valence-electron chi connectivity index (χ0n) is 11.8. The largest absolute Gasteiger partial charge is 0.327 e. The summed E-state index contributed by atoms with van der Waals surface area (Å²) in [6.45, 7) is 4.68. The lowest BCUT2D eigenvalue weighted by atomic mass is 9.71. The average Bonchev–Trinajstić information content (AvgIpc) is 2.96. The highest BCUT2D eigenvalue weighted by molar-refractivity contribution is 7.09. The number of thiophene rings is 1. The van der Waals surface area contributed by atoms with Crippen molar-refractivity contribution in [3.63, 3.8) is 0 Å². The first-order chi connectivity index (χ1) is 8.62. The highest BCUT2D eigenvalue weighted by Gasteiger charge is 2.39. The number of aryl methyl sites for hydroxylation is 1. The number of hydrogen-bond donors (Lipinski definition) is 1. The summed E-state index contributed by atoms with van der Waals surface area (Å²) in [5.41, 5.74) is 7.03. The molecule has 1 aliphatic rings. The average molecular weight is 265 g/mol. The zero-order chi connectivity index (χ0) is 13.0. The van der Waals surface area contributed by atoms with E-state index >= 15 is 0 Å². The van der Waals surface area contributed by atoms with Crippen LogP contribution in [0.25, 0.3) is 0 Å². The van der Waals surface area contributed by atoms with Gasteiger partial charge >= 0.3 is 0 Å². The molecule has 1 aromatic rings. The van der Waals surface area contributed by atoms with E-state index in [4.69, 9.17) is 5.73 Å². The summed E-state index contributed by atoms with van der Waals surface area (Å²) >= 11 is 1.86. The van der Waals surface area contributed by atoms with E-state index in [9.17, 15) is 0 Å². The van der Waals surface area contributed by atoms with Gasteiger partial charge in [0.25, 0.3) is 0 Å². The van der Waals surface area contributed by atoms with Crippen LogP contribution in [0.5, 0.6) is 0 Å². The van der Waals surface area contributed by atoms with Crippen LogP contribution in [-0.2, 0) is 6.42 Å². The molecular weight excluding hydrogens is 238 g/mol. The second-order valence-electron chi connectivity index (χ2n) is 6.39. The monoisotopic (exact) mass is 265 g/mol. The molecule has 1 fully saturated rings. The van der Waals surface area contributed by atoms with E-state index in [1.807, 2.05) is 11.3 Å². The van der Waals surface area contributed by atoms with Crippen LogP contribution >= 0.6 is 11.3 Å². The van der Waals surface area contributed by atoms with Crippen molar-refractivity contribution in [2.75, 3.05) is 0 Å². The third-order valence-corrected chi connectivity index (χ3v) is 5.42. The summed E-state index contributed by atoms with van der Waals surface area (Å²) in [4.78, 5) is 1.49. The highest BCUT2D eigenvalue weighted by atomic mass is 32.1. The molecule has 18 heavy (non-hydrogen) atoms. The maximum absolute atomic E-state index is 6.58. The molecule has 102 valence electrons. The molecule has 1 aromatic heterocycles. The standard InChI is InChI=1S/C16H27NS/c1-13(2)12-16(9-3-4-10-16)15(17)8-7-14-6-5-11-18-14/h5-6,11,13,15H,3-4,7-10,12,17H2,1-2H3. The van der Waals surface area contributed by atoms with Gasteiger partial charge in [0.2, 0.25) is 0 Å². The fraction of sp³-hybridized carbons (Fsp3) is 0.750. The summed E-state index contributed by atoms with van der Waals surface area (Å²) < 4.78 is 0. The van der Waals surface area contributed by atoms with Crippen molar-refractivity contribution in [2.24, 2.45) is 17.1 Å². The SMILES string of the molecule is CC(C)CC1(C(N)CCc2cccs2)CCCC1. The molecule has 1 atom stereocenters. The molecule has 1 aliphatic carbocycles. The quantitative estimate of drug-likeness (QED) is 0.798. The van der Waals surface area contributed by atoms with Crippen molar-refractivity contribution in [1.29, 1.82) is 0 Å². The minimum absolute atomic E-state index is 0.393. The Bertz CT molecular complexity index is 336. The van der Waals surface area contributed by atoms with Crippen LogP contribution in [-0.4, -0.2) is 6.04 Å². The molecule has 0 spiro atoms. The van der Waals surface area contributed by atoms with E-state index in [1.165, 1.54) is 43.4 Å². The smallest absolute Gasteiger partial charge is 0.00991 e. The lowest BCUT2D eigenvalue weighted by Gasteiger charge is -2.37. The second kappa shape index (κ2) is 6.21. The Hall–Kier alpha value is -0.340. The van der Waals surface area contributed by atoms with Crippen molar-refractivity contribution in [2.45, 2.75) is 64.8 Å². The highest BCUT2D eigenvalue weighted by Crippen LogP contribution is 2.46. The fourth-order valence-corrected chi connectivity index (χ4v) is 4.40. The van der Waals surface area contributed by atoms with Gasteiger partial charge in [-0.15, -0.1) is 11.3 Å². The summed E-state index contributed by atoms with van der Waals surface area (Å²) in [7, 11) is 0. The molecule has 0 amide bonds. The molecule has 1 heterocycles. The van der Waals surface area contributed by atoms with Crippen LogP contribution in [0.2, 0.25) is 0 Å². The van der Waals surface area contributed by atoms with Gasteiger partial charge in [-0.25, -0.2) is 0 Å². The third kappa shape index (κ3) is 3.36. The predicted molar refractivity (Wildman–Crippen MR) is 81.0 cm³/mol. The Kier molecular flexibility index (Phi) is 4.85. The van der Waals surface area contributed by atoms with Crippen molar-refractivity contribution in [3.8, 4) is 0 Å². The Morgan fingerprint density at radius 2 is 2.06 bits per heavy atom. The molecule has 1 saturated carbocycles. The van der Waals surface area contributed by atoms with E-state index in [1.54, 1.807) is 0 Å². The van der Waals surface area contributed by atoms with Crippen LogP contribution in [0.15, 0.2) is 17.5 Å². The van der Waals surface area contributed by atoms with E-state index in [0.717, 1.165) is 12.3 Å². The molecule has 2 heteroatoms. The molecule has 1 unspecified atom stereocenters. The summed E-state index contributed by atoms with van der Waals surface area (Å²) in [6.07, 6.45) is 9.14. The van der Waals surface area contributed by atoms with Gasteiger partial charge in [-0.3, -0.25) is 0 Å². The van der Waals surface area contributed by atoms with Gasteiger partial charge < -0.3 is 5.73 Å². The molecule has 0 aromatic carbocycles. The molecule has 0 saturated heterocycles. The number of nitrogens with two attached hydrogens (primary N) is 1. The molecule has 2 N–H and O–H groups in total. The van der Waals surface area contributed by atoms with Gasteiger partial charge in [-0.1, -0.05) is 32.8 Å². The summed E-state index contributed by atoms with van der Waals surface area (Å²) in [6, 6.07) is 4.77. The Morgan fingerprint density at radius 1 is 1.33 bits per heavy atom. The molecule has 0 radical (unpaired) electrons. The van der Waals surface area contributed by atoms with Gasteiger partial charge in [-0.05, 0) is 54.9 Å². The fourth-order valence-electron chi connectivity index (χ4n) is 3.68. The molecule has 0 aliphatic heterocycles. The second-order valence-corrected chi connectivity index (χ2v) is 7.42. The first-order valence-corrected chi connectivity index (χ1v) is 8.28. The first-order valence-electron chi connectivity index (χ1n) is 7.40. The molecule has 2 rings (SSSR count). The van der Waals surface area contributed by atoms with Crippen LogP contribution in [0.1, 0.15) is 57.2 Å². The lowest BCUT2D eigenvalue weighted by Crippen LogP contribution is -2.41. The topological polar surface area (TPSA) is 26.0 Å². The maximum atomic E-state index is 6.58. The Balaban J connectivity index is 1.93. The third-order valence-electron chi connectivity index (χ3n) is 4.48. The van der Waals surface area contributed by atoms with Gasteiger partial charge in [0.05, 0.1) is 0 Å². The van der Waals surface area contributed by atoms with Gasteiger partial charge in [-0.2, -0.15) is 0 Å². The van der Waals surface area contributed by atoms with Gasteiger partial charge in [0.1, 0.15) is 0 Å². The van der Waals surface area contributed by atoms with Crippen LogP contribution in [0.4, 0.5) is 0 Å².